The molecule has 0 spiro atoms. The average Bonchev–Trinajstić information content (AvgIpc) is 0.823. The number of ether oxygens (including phenoxy) is 20. The van der Waals surface area contributed by atoms with Crippen molar-refractivity contribution in [3.63, 3.8) is 0 Å². The molecule has 4 N–H and O–H groups in total. The zero-order chi connectivity index (χ0) is 78.1. The van der Waals surface area contributed by atoms with E-state index in [1.54, 1.807) is 114 Å². The first-order valence-electron chi connectivity index (χ1n) is 35.4. The second-order valence-corrected chi connectivity index (χ2v) is 25.2. The first kappa shape index (κ1) is 84.9. The van der Waals surface area contributed by atoms with Gasteiger partial charge in [-0.25, -0.2) is 0 Å². The van der Waals surface area contributed by atoms with E-state index in [2.05, 4.69) is 0 Å². The molecule has 0 fully saturated rings. The maximum absolute atomic E-state index is 10.7. The fourth-order valence-corrected chi connectivity index (χ4v) is 13.1. The Morgan fingerprint density at radius 3 is 0.565 bits per heavy atom. The number of methoxy groups -OCH3 is 16. The predicted molar refractivity (Wildman–Crippen MR) is 409 cm³/mol. The van der Waals surface area contributed by atoms with Crippen LogP contribution >= 0.6 is 0 Å². The Morgan fingerprint density at radius 1 is 0.213 bits per heavy atom. The van der Waals surface area contributed by atoms with E-state index in [9.17, 15) is 20.4 Å². The Bertz CT molecular complexity index is 3710. The Kier molecular flexibility index (Phi) is 34.6. The third-order valence-electron chi connectivity index (χ3n) is 18.6. The fraction of sp³-hybridized carbons (Fsp3) is 0.429. The highest BCUT2D eigenvalue weighted by atomic mass is 16.6. The van der Waals surface area contributed by atoms with Gasteiger partial charge in [0.05, 0.1) is 114 Å². The largest absolute Gasteiger partial charge is 0.493 e. The van der Waals surface area contributed by atoms with Gasteiger partial charge in [0.1, 0.15) is 26.4 Å². The monoisotopic (exact) mass is 1500 g/mol. The molecule has 4 atom stereocenters. The van der Waals surface area contributed by atoms with Crippen molar-refractivity contribution in [2.75, 3.05) is 140 Å². The number of benzene rings is 8. The van der Waals surface area contributed by atoms with Crippen LogP contribution in [0.15, 0.2) is 121 Å². The van der Waals surface area contributed by atoms with Gasteiger partial charge in [0, 0.05) is 26.4 Å². The Labute approximate surface area is 634 Å². The highest BCUT2D eigenvalue weighted by Crippen LogP contribution is 2.45. The predicted octanol–water partition coefficient (Wildman–Crippen LogP) is 13.4. The Hall–Kier alpha value is -10.4. The van der Waals surface area contributed by atoms with E-state index in [4.69, 9.17) is 94.7 Å². The minimum atomic E-state index is -0.112. The number of aliphatic hydroxyl groups is 4. The van der Waals surface area contributed by atoms with Crippen LogP contribution in [0.25, 0.3) is 0 Å². The van der Waals surface area contributed by atoms with Crippen LogP contribution in [0.3, 0.4) is 0 Å². The zero-order valence-electron chi connectivity index (χ0n) is 65.1. The number of aliphatic hydroxyl groups excluding tert-OH is 4. The quantitative estimate of drug-likeness (QED) is 0.0276. The van der Waals surface area contributed by atoms with Gasteiger partial charge in [-0.3, -0.25) is 0 Å². The van der Waals surface area contributed by atoms with Crippen molar-refractivity contribution >= 4 is 0 Å². The second kappa shape index (κ2) is 44.0. The van der Waals surface area contributed by atoms with Gasteiger partial charge in [-0.2, -0.15) is 0 Å². The van der Waals surface area contributed by atoms with Crippen molar-refractivity contribution in [3.8, 4) is 115 Å². The molecule has 0 aliphatic carbocycles. The summed E-state index contributed by atoms with van der Waals surface area (Å²) in [5, 5.41) is 41.1. The van der Waals surface area contributed by atoms with Crippen LogP contribution in [0.4, 0.5) is 0 Å². The summed E-state index contributed by atoms with van der Waals surface area (Å²) in [5.41, 5.74) is 7.28. The summed E-state index contributed by atoms with van der Waals surface area (Å²) in [5.74, 6) is 10.8. The lowest BCUT2D eigenvalue weighted by molar-refractivity contribution is 0.158. The van der Waals surface area contributed by atoms with Crippen LogP contribution in [-0.2, 0) is 52.1 Å². The molecule has 0 amide bonds. The molecular formula is C84H108O24. The van der Waals surface area contributed by atoms with Crippen molar-refractivity contribution < 1.29 is 115 Å². The molecule has 0 heterocycles. The Morgan fingerprint density at radius 2 is 0.398 bits per heavy atom. The topological polar surface area (TPSA) is 266 Å². The van der Waals surface area contributed by atoms with Crippen LogP contribution in [-0.4, -0.2) is 161 Å². The molecule has 0 radical (unpaired) electrons. The van der Waals surface area contributed by atoms with Gasteiger partial charge < -0.3 is 115 Å². The van der Waals surface area contributed by atoms with E-state index in [0.29, 0.717) is 154 Å². The fourth-order valence-electron chi connectivity index (χ4n) is 13.1. The molecule has 0 aromatic heterocycles. The van der Waals surface area contributed by atoms with Crippen LogP contribution in [0.1, 0.15) is 70.2 Å². The minimum absolute atomic E-state index is 0.0373. The van der Waals surface area contributed by atoms with Crippen LogP contribution in [0, 0.1) is 23.7 Å². The average molecular weight is 1500 g/mol. The van der Waals surface area contributed by atoms with Gasteiger partial charge in [0.2, 0.25) is 23.0 Å². The number of hydrogen-bond acceptors (Lipinski definition) is 24. The molecular weight excluding hydrogens is 1390 g/mol. The van der Waals surface area contributed by atoms with Crippen LogP contribution < -0.4 is 94.7 Å². The van der Waals surface area contributed by atoms with E-state index in [1.807, 2.05) is 121 Å². The summed E-state index contributed by atoms with van der Waals surface area (Å²) in [4.78, 5) is 0. The van der Waals surface area contributed by atoms with E-state index in [0.717, 1.165) is 57.3 Å². The second-order valence-electron chi connectivity index (χ2n) is 25.2. The first-order valence-corrected chi connectivity index (χ1v) is 35.4. The summed E-state index contributed by atoms with van der Waals surface area (Å²) >= 11 is 0. The van der Waals surface area contributed by atoms with Gasteiger partial charge in [0.25, 0.3) is 0 Å². The molecule has 0 aliphatic rings. The molecule has 108 heavy (non-hydrogen) atoms. The third kappa shape index (κ3) is 22.8. The van der Waals surface area contributed by atoms with E-state index in [1.165, 1.54) is 0 Å². The lowest BCUT2D eigenvalue weighted by atomic mass is 9.80. The normalized spacial score (nSPS) is 12.0. The van der Waals surface area contributed by atoms with Crippen molar-refractivity contribution in [2.24, 2.45) is 23.7 Å². The first-order chi connectivity index (χ1) is 52.6. The van der Waals surface area contributed by atoms with Crippen LogP contribution in [0.5, 0.6) is 115 Å². The summed E-state index contributed by atoms with van der Waals surface area (Å²) in [6.07, 6.45) is 5.11. The van der Waals surface area contributed by atoms with Gasteiger partial charge in [-0.1, -0.05) is 24.3 Å². The molecule has 0 saturated heterocycles. The zero-order valence-corrected chi connectivity index (χ0v) is 65.1. The molecule has 8 aromatic carbocycles. The van der Waals surface area contributed by atoms with Gasteiger partial charge in [-0.15, -0.1) is 0 Å². The molecule has 24 nitrogen and oxygen atoms in total. The minimum Gasteiger partial charge on any atom is -0.493 e. The van der Waals surface area contributed by atoms with Gasteiger partial charge >= 0.3 is 0 Å². The SMILES string of the molecule is COc1ccc(C[C@@H](CO)[C@H](CCCO)Cc2ccc(OC)c(OCc3cc(OC)c(OC)c(OC)c3)c2)cc1OCc1cc(OC)c(OC)c(OC)c1.COc1ccc(C[C@H](CO)[C@@H](CCCO)Cc2ccc(OC)c(OCc3cc(OC)c(OC)c(OC)c3)c2)cc1OCc1cc(OC)c(OC)c(OC)c1. The lowest BCUT2D eigenvalue weighted by Crippen LogP contribution is -2.24. The highest BCUT2D eigenvalue weighted by Gasteiger charge is 2.27. The van der Waals surface area contributed by atoms with Crippen molar-refractivity contribution in [1.29, 1.82) is 0 Å². The molecule has 8 aromatic rings. The molecule has 0 saturated carbocycles. The number of rotatable bonds is 46. The maximum Gasteiger partial charge on any atom is 0.203 e. The maximum atomic E-state index is 10.7. The summed E-state index contributed by atoms with van der Waals surface area (Å²) in [6.45, 7) is 0.940. The molecule has 24 heteroatoms. The van der Waals surface area contributed by atoms with E-state index in [-0.39, 0.29) is 76.5 Å². The van der Waals surface area contributed by atoms with Gasteiger partial charge in [-0.05, 0) is 217 Å². The summed E-state index contributed by atoms with van der Waals surface area (Å²) < 4.78 is 114. The van der Waals surface area contributed by atoms with Gasteiger partial charge in [0.15, 0.2) is 92.0 Å². The van der Waals surface area contributed by atoms with Crippen LogP contribution in [0.2, 0.25) is 0 Å². The lowest BCUT2D eigenvalue weighted by Gasteiger charge is -2.27. The summed E-state index contributed by atoms with van der Waals surface area (Å²) in [6, 6.07) is 38.1. The smallest absolute Gasteiger partial charge is 0.203 e. The van der Waals surface area contributed by atoms with Crippen molar-refractivity contribution in [2.45, 2.75) is 77.8 Å². The molecule has 8 rings (SSSR count). The van der Waals surface area contributed by atoms with E-state index < -0.39 is 0 Å². The molecule has 0 aliphatic heterocycles. The van der Waals surface area contributed by atoms with Crippen molar-refractivity contribution in [1.82, 2.24) is 0 Å². The standard InChI is InChI=1S/2C42H54O12/c2*1-45-33-13-11-27(18-35(33)53-25-29-20-37(47-3)41(51-7)38(21-29)48-4)16-31(10-9-15-43)32(24-44)17-28-12-14-34(46-2)36(19-28)54-26-30-22-39(49-5)42(52-8)40(23-30)50-6/h2*11-14,18-23,31-32,43-44H,9-10,15-17,24-26H2,1-8H3/t2*31-,32+/m10/s1. The highest BCUT2D eigenvalue weighted by molar-refractivity contribution is 5.58. The number of hydrogen-bond donors (Lipinski definition) is 4. The van der Waals surface area contributed by atoms with Crippen molar-refractivity contribution in [3.05, 3.63) is 166 Å². The van der Waals surface area contributed by atoms with E-state index >= 15 is 0 Å². The third-order valence-corrected chi connectivity index (χ3v) is 18.6. The molecule has 0 unspecified atom stereocenters. The molecule has 588 valence electrons. The molecule has 0 bridgehead atoms. The Balaban J connectivity index is 0.000000301. The summed E-state index contributed by atoms with van der Waals surface area (Å²) in [7, 11) is 25.2.